The van der Waals surface area contributed by atoms with E-state index in [0.717, 1.165) is 37.4 Å². The fraction of sp³-hybridized carbons (Fsp3) is 0.462. The van der Waals surface area contributed by atoms with Crippen molar-refractivity contribution in [3.05, 3.63) is 54.1 Å². The number of piperidine rings is 2. The number of nitrogens with one attached hydrogen (secondary N) is 1. The predicted molar refractivity (Wildman–Crippen MR) is 128 cm³/mol. The number of anilines is 1. The first-order chi connectivity index (χ1) is 16.9. The molecule has 0 spiro atoms. The monoisotopic (exact) mass is 487 g/mol. The first-order valence-corrected chi connectivity index (χ1v) is 12.0. The van der Waals surface area contributed by atoms with E-state index in [4.69, 9.17) is 4.74 Å². The van der Waals surface area contributed by atoms with Gasteiger partial charge in [0.2, 0.25) is 5.91 Å². The van der Waals surface area contributed by atoms with Gasteiger partial charge < -0.3 is 24.6 Å². The normalized spacial score (nSPS) is 18.9. The SMILES string of the molecule is COc1ccc(N2CCC(NC(=O)C3CCCN(C(=O)c4ccccc4OC(F)F)C3)CC2)cc1. The van der Waals surface area contributed by atoms with Crippen LogP contribution >= 0.6 is 0 Å². The number of hydrogen-bond donors (Lipinski definition) is 1. The summed E-state index contributed by atoms with van der Waals surface area (Å²) in [7, 11) is 1.64. The first kappa shape index (κ1) is 24.8. The Balaban J connectivity index is 1.30. The second-order valence-corrected chi connectivity index (χ2v) is 8.93. The maximum absolute atomic E-state index is 13.0. The van der Waals surface area contributed by atoms with Gasteiger partial charge in [0, 0.05) is 37.9 Å². The number of nitrogens with zero attached hydrogens (tertiary/aromatic N) is 2. The number of rotatable bonds is 7. The van der Waals surface area contributed by atoms with Crippen molar-refractivity contribution in [1.82, 2.24) is 10.2 Å². The molecule has 1 N–H and O–H groups in total. The molecule has 2 heterocycles. The third-order valence-electron chi connectivity index (χ3n) is 6.69. The molecule has 9 heteroatoms. The van der Waals surface area contributed by atoms with E-state index in [-0.39, 0.29) is 35.7 Å². The minimum absolute atomic E-state index is 0.0532. The number of methoxy groups -OCH3 is 1. The zero-order valence-corrected chi connectivity index (χ0v) is 19.8. The first-order valence-electron chi connectivity index (χ1n) is 12.0. The highest BCUT2D eigenvalue weighted by atomic mass is 19.3. The number of amides is 2. The Kier molecular flexibility index (Phi) is 8.05. The number of likely N-dealkylation sites (tertiary alicyclic amines) is 1. The molecule has 0 saturated carbocycles. The van der Waals surface area contributed by atoms with Gasteiger partial charge in [0.25, 0.3) is 5.91 Å². The van der Waals surface area contributed by atoms with Crippen molar-refractivity contribution in [2.45, 2.75) is 38.3 Å². The molecule has 7 nitrogen and oxygen atoms in total. The summed E-state index contributed by atoms with van der Waals surface area (Å²) in [5.41, 5.74) is 1.22. The maximum atomic E-state index is 13.0. The van der Waals surface area contributed by atoms with Crippen LogP contribution in [0.3, 0.4) is 0 Å². The quantitative estimate of drug-likeness (QED) is 0.641. The van der Waals surface area contributed by atoms with Crippen LogP contribution < -0.4 is 19.7 Å². The lowest BCUT2D eigenvalue weighted by Gasteiger charge is -2.36. The maximum Gasteiger partial charge on any atom is 0.387 e. The lowest BCUT2D eigenvalue weighted by Crippen LogP contribution is -2.50. The minimum Gasteiger partial charge on any atom is -0.497 e. The molecule has 2 aromatic rings. The van der Waals surface area contributed by atoms with Gasteiger partial charge in [-0.3, -0.25) is 9.59 Å². The van der Waals surface area contributed by atoms with E-state index in [1.807, 2.05) is 24.3 Å². The van der Waals surface area contributed by atoms with Gasteiger partial charge in [0.15, 0.2) is 0 Å². The highest BCUT2D eigenvalue weighted by molar-refractivity contribution is 5.97. The summed E-state index contributed by atoms with van der Waals surface area (Å²) in [5.74, 6) is -0.104. The van der Waals surface area contributed by atoms with Crippen LogP contribution in [0.15, 0.2) is 48.5 Å². The second kappa shape index (κ2) is 11.4. The van der Waals surface area contributed by atoms with Crippen molar-refractivity contribution in [2.75, 3.05) is 38.2 Å². The lowest BCUT2D eigenvalue weighted by atomic mass is 9.95. The number of para-hydroxylation sites is 1. The lowest BCUT2D eigenvalue weighted by molar-refractivity contribution is -0.127. The van der Waals surface area contributed by atoms with Crippen molar-refractivity contribution in [3.8, 4) is 11.5 Å². The van der Waals surface area contributed by atoms with Gasteiger partial charge in [0.1, 0.15) is 11.5 Å². The van der Waals surface area contributed by atoms with E-state index in [1.54, 1.807) is 24.1 Å². The van der Waals surface area contributed by atoms with Gasteiger partial charge in [-0.05, 0) is 62.1 Å². The highest BCUT2D eigenvalue weighted by Gasteiger charge is 2.32. The van der Waals surface area contributed by atoms with Crippen molar-refractivity contribution in [3.63, 3.8) is 0 Å². The van der Waals surface area contributed by atoms with Gasteiger partial charge in [-0.15, -0.1) is 0 Å². The van der Waals surface area contributed by atoms with Crippen LogP contribution in [0.25, 0.3) is 0 Å². The van der Waals surface area contributed by atoms with Crippen LogP contribution in [-0.2, 0) is 4.79 Å². The molecule has 0 aliphatic carbocycles. The molecule has 2 fully saturated rings. The molecule has 2 aliphatic heterocycles. The number of hydrogen-bond acceptors (Lipinski definition) is 5. The third kappa shape index (κ3) is 6.21. The Morgan fingerprint density at radius 2 is 1.71 bits per heavy atom. The number of halogens is 2. The van der Waals surface area contributed by atoms with Crippen LogP contribution in [-0.4, -0.2) is 62.7 Å². The van der Waals surface area contributed by atoms with Crippen LogP contribution in [0.1, 0.15) is 36.0 Å². The largest absolute Gasteiger partial charge is 0.497 e. The second-order valence-electron chi connectivity index (χ2n) is 8.93. The van der Waals surface area contributed by atoms with Crippen molar-refractivity contribution in [1.29, 1.82) is 0 Å². The molecule has 0 radical (unpaired) electrons. The smallest absolute Gasteiger partial charge is 0.387 e. The molecule has 0 bridgehead atoms. The van der Waals surface area contributed by atoms with Gasteiger partial charge >= 0.3 is 6.61 Å². The van der Waals surface area contributed by atoms with Crippen molar-refractivity contribution >= 4 is 17.5 Å². The van der Waals surface area contributed by atoms with E-state index >= 15 is 0 Å². The molecule has 0 aromatic heterocycles. The number of ether oxygens (including phenoxy) is 2. The molecule has 35 heavy (non-hydrogen) atoms. The molecular weight excluding hydrogens is 456 g/mol. The van der Waals surface area contributed by atoms with E-state index in [1.165, 1.54) is 12.1 Å². The summed E-state index contributed by atoms with van der Waals surface area (Å²) in [4.78, 5) is 29.9. The van der Waals surface area contributed by atoms with Crippen LogP contribution in [0, 0.1) is 5.92 Å². The molecule has 1 atom stereocenters. The minimum atomic E-state index is -3.01. The Labute approximate surface area is 204 Å². The van der Waals surface area contributed by atoms with E-state index in [9.17, 15) is 18.4 Å². The van der Waals surface area contributed by atoms with E-state index in [2.05, 4.69) is 15.0 Å². The molecule has 2 aromatic carbocycles. The van der Waals surface area contributed by atoms with Crippen LogP contribution in [0.5, 0.6) is 11.5 Å². The summed E-state index contributed by atoms with van der Waals surface area (Å²) >= 11 is 0. The predicted octanol–water partition coefficient (Wildman–Crippen LogP) is 3.93. The number of carbonyl (C=O) groups excluding carboxylic acids is 2. The number of benzene rings is 2. The zero-order chi connectivity index (χ0) is 24.8. The fourth-order valence-corrected chi connectivity index (χ4v) is 4.78. The average molecular weight is 488 g/mol. The summed E-state index contributed by atoms with van der Waals surface area (Å²) in [6.45, 7) is -0.592. The third-order valence-corrected chi connectivity index (χ3v) is 6.69. The Hall–Kier alpha value is -3.36. The molecule has 188 valence electrons. The molecule has 2 saturated heterocycles. The molecular formula is C26H31F2N3O4. The summed E-state index contributed by atoms with van der Waals surface area (Å²) < 4.78 is 35.2. The Bertz CT molecular complexity index is 1010. The highest BCUT2D eigenvalue weighted by Crippen LogP contribution is 2.26. The standard InChI is InChI=1S/C26H31F2N3O4/c1-34-21-10-8-20(9-11-21)30-15-12-19(13-16-30)29-24(32)18-5-4-14-31(17-18)25(33)22-6-2-3-7-23(22)35-26(27)28/h2-3,6-11,18-19,26H,4-5,12-17H2,1H3,(H,29,32). The molecule has 1 unspecified atom stereocenters. The van der Waals surface area contributed by atoms with Gasteiger partial charge in [-0.2, -0.15) is 8.78 Å². The van der Waals surface area contributed by atoms with Crippen LogP contribution in [0.4, 0.5) is 14.5 Å². The zero-order valence-electron chi connectivity index (χ0n) is 19.8. The number of alkyl halides is 2. The van der Waals surface area contributed by atoms with Gasteiger partial charge in [0.05, 0.1) is 18.6 Å². The Morgan fingerprint density at radius 3 is 2.40 bits per heavy atom. The number of carbonyl (C=O) groups is 2. The van der Waals surface area contributed by atoms with E-state index < -0.39 is 12.5 Å². The average Bonchev–Trinajstić information content (AvgIpc) is 2.89. The Morgan fingerprint density at radius 1 is 1.00 bits per heavy atom. The van der Waals surface area contributed by atoms with Crippen molar-refractivity contribution in [2.24, 2.45) is 5.92 Å². The molecule has 2 aliphatic rings. The van der Waals surface area contributed by atoms with Gasteiger partial charge in [-0.25, -0.2) is 0 Å². The topological polar surface area (TPSA) is 71.1 Å². The molecule has 4 rings (SSSR count). The van der Waals surface area contributed by atoms with Crippen LogP contribution in [0.2, 0.25) is 0 Å². The summed E-state index contributed by atoms with van der Waals surface area (Å²) in [6, 6.07) is 14.0. The van der Waals surface area contributed by atoms with E-state index in [0.29, 0.717) is 19.4 Å². The van der Waals surface area contributed by atoms with Crippen molar-refractivity contribution < 1.29 is 27.8 Å². The van der Waals surface area contributed by atoms with Gasteiger partial charge in [-0.1, -0.05) is 12.1 Å². The fourth-order valence-electron chi connectivity index (χ4n) is 4.78. The molecule has 2 amide bonds. The summed E-state index contributed by atoms with van der Waals surface area (Å²) in [6.07, 6.45) is 3.05. The summed E-state index contributed by atoms with van der Waals surface area (Å²) in [5, 5.41) is 3.17.